The summed E-state index contributed by atoms with van der Waals surface area (Å²) >= 11 is 0. The number of nitrogens with zero attached hydrogens (tertiary/aromatic N) is 8. The van der Waals surface area contributed by atoms with Crippen LogP contribution in [0.5, 0.6) is 11.5 Å². The van der Waals surface area contributed by atoms with Gasteiger partial charge in [0, 0.05) is 36.5 Å². The van der Waals surface area contributed by atoms with E-state index in [1.54, 1.807) is 56.9 Å². The molecule has 0 spiro atoms. The summed E-state index contributed by atoms with van der Waals surface area (Å²) in [7, 11) is -2.60. The molecule has 8 atom stereocenters. The fourth-order valence-corrected chi connectivity index (χ4v) is 11.5. The largest absolute Gasteiger partial charge is 0.566 e. The van der Waals surface area contributed by atoms with E-state index < -0.39 is 82.6 Å². The molecule has 0 radical (unpaired) electrons. The molecule has 7 heterocycles. The average molecular weight is 1240 g/mol. The van der Waals surface area contributed by atoms with Gasteiger partial charge in [0.25, 0.3) is 11.5 Å². The molecule has 5 aromatic heterocycles. The molecular formula is C60H61N12O14P2+. The summed E-state index contributed by atoms with van der Waals surface area (Å²) in [6, 6.07) is 41.4. The predicted octanol–water partition coefficient (Wildman–Crippen LogP) is 7.87. The van der Waals surface area contributed by atoms with E-state index in [9.17, 15) is 29.1 Å². The predicted molar refractivity (Wildman–Crippen MR) is 316 cm³/mol. The Labute approximate surface area is 506 Å². The molecule has 26 nitrogen and oxygen atoms in total. The highest BCUT2D eigenvalue weighted by atomic mass is 31.2. The summed E-state index contributed by atoms with van der Waals surface area (Å²) < 4.78 is 71.8. The van der Waals surface area contributed by atoms with Gasteiger partial charge in [-0.05, 0) is 57.7 Å². The third kappa shape index (κ3) is 14.6. The summed E-state index contributed by atoms with van der Waals surface area (Å²) in [4.78, 5) is 78.7. The molecule has 4 N–H and O–H groups in total. The van der Waals surface area contributed by atoms with Gasteiger partial charge in [-0.15, -0.1) is 4.52 Å². The maximum Gasteiger partial charge on any atom is 0.488 e. The zero-order chi connectivity index (χ0) is 61.6. The van der Waals surface area contributed by atoms with Crippen molar-refractivity contribution >= 4 is 62.8 Å². The van der Waals surface area contributed by atoms with Crippen LogP contribution in [-0.4, -0.2) is 109 Å². The smallest absolute Gasteiger partial charge is 0.488 e. The first-order valence-electron chi connectivity index (χ1n) is 27.8. The average Bonchev–Trinajstić information content (AvgIpc) is 1.60. The minimum atomic E-state index is -3.41. The van der Waals surface area contributed by atoms with Crippen LogP contribution in [0.15, 0.2) is 164 Å². The number of nitrogens with one attached hydrogen (secondary N) is 4. The van der Waals surface area contributed by atoms with Gasteiger partial charge >= 0.3 is 16.9 Å². The molecule has 2 amide bonds. The number of nitriles is 1. The highest BCUT2D eigenvalue weighted by Crippen LogP contribution is 2.49. The van der Waals surface area contributed by atoms with E-state index in [0.29, 0.717) is 28.2 Å². The first-order chi connectivity index (χ1) is 42.8. The van der Waals surface area contributed by atoms with Crippen LogP contribution in [0.3, 0.4) is 0 Å². The fraction of sp³-hybridized carbons (Fsp3) is 0.300. The fourth-order valence-electron chi connectivity index (χ4n) is 9.90. The van der Waals surface area contributed by atoms with Crippen molar-refractivity contribution in [1.29, 1.82) is 5.26 Å². The van der Waals surface area contributed by atoms with E-state index in [1.807, 2.05) is 116 Å². The van der Waals surface area contributed by atoms with Crippen molar-refractivity contribution in [2.24, 2.45) is 5.92 Å². The van der Waals surface area contributed by atoms with Gasteiger partial charge in [-0.2, -0.15) is 10.2 Å². The van der Waals surface area contributed by atoms with Gasteiger partial charge in [-0.25, -0.2) is 24.9 Å². The van der Waals surface area contributed by atoms with Crippen LogP contribution in [0.2, 0.25) is 0 Å². The van der Waals surface area contributed by atoms with Crippen LogP contribution in [0.25, 0.3) is 22.3 Å². The number of rotatable bonds is 24. The highest BCUT2D eigenvalue weighted by Gasteiger charge is 2.46. The number of hydrogen-bond acceptors (Lipinski definition) is 20. The molecule has 454 valence electrons. The number of anilines is 2. The number of methoxy groups -OCH3 is 2. The topological polar surface area (TPSA) is 326 Å². The Balaban J connectivity index is 0.00000134. The van der Waals surface area contributed by atoms with Crippen molar-refractivity contribution in [3.63, 3.8) is 0 Å². The Morgan fingerprint density at radius 3 is 2.07 bits per heavy atom. The standard InChI is InChI=1S/C55H55N11O14P2.C5H5N/c1-33(2)50(67)63-54-62-49-46(52(69)64-54)60-32-66(49)53-42(79-81(70)71)26-40(77-53)28-76-82(75-25-11-24-56)80-41-27-44(65-31-59-45-47(57-30-58-48(45)65)61-51(68)34-12-7-5-8-13-34)78-43(41)29-74-55(35-14-9-6-10-15-35,36-16-20-38(72-3)21-17-36)37-18-22-39(73-4)23-19-37;1-2-4-6-5-3-1/h5-10,12-23,30-33,40-44,53H,11,25-29H2,1-4H3,(H,57,58,61,68)(H2,62,63,64,67,69);1-5H/p+1/t40-,41+,42-,43+,44+,53+,82?;/m0./s1. The summed E-state index contributed by atoms with van der Waals surface area (Å²) in [6.07, 6.45) is 2.11. The molecule has 11 rings (SSSR count). The van der Waals surface area contributed by atoms with Gasteiger partial charge in [0.15, 0.2) is 52.9 Å². The molecule has 2 unspecified atom stereocenters. The Kier molecular flexibility index (Phi) is 20.7. The Hall–Kier alpha value is -8.83. The van der Waals surface area contributed by atoms with Crippen molar-refractivity contribution in [3.8, 4) is 17.6 Å². The van der Waals surface area contributed by atoms with E-state index in [2.05, 4.69) is 51.6 Å². The van der Waals surface area contributed by atoms with Gasteiger partial charge < -0.3 is 47.5 Å². The number of hydrogen-bond donors (Lipinski definition) is 3. The third-order valence-electron chi connectivity index (χ3n) is 14.2. The lowest BCUT2D eigenvalue weighted by Crippen LogP contribution is -2.38. The van der Waals surface area contributed by atoms with Crippen LogP contribution in [0.4, 0.5) is 11.8 Å². The number of pyridine rings is 1. The minimum Gasteiger partial charge on any atom is -0.566 e. The first-order valence-corrected chi connectivity index (χ1v) is 30.0. The van der Waals surface area contributed by atoms with E-state index in [4.69, 9.17) is 41.8 Å². The van der Waals surface area contributed by atoms with Crippen LogP contribution in [-0.2, 0) is 47.3 Å². The normalized spacial score (nSPS) is 18.7. The van der Waals surface area contributed by atoms with Crippen LogP contribution < -0.4 is 35.5 Å². The van der Waals surface area contributed by atoms with Gasteiger partial charge in [-0.1, -0.05) is 92.7 Å². The number of carbonyl (C=O) groups is 2. The lowest BCUT2D eigenvalue weighted by Gasteiger charge is -2.37. The quantitative estimate of drug-likeness (QED) is 0.0294. The zero-order valence-electron chi connectivity index (χ0n) is 48.0. The second kappa shape index (κ2) is 29.2. The monoisotopic (exact) mass is 1240 g/mol. The van der Waals surface area contributed by atoms with E-state index in [0.717, 1.165) is 16.7 Å². The van der Waals surface area contributed by atoms with Gasteiger partial charge in [0.05, 0.1) is 71.4 Å². The lowest BCUT2D eigenvalue weighted by atomic mass is 9.80. The zero-order valence-corrected chi connectivity index (χ0v) is 49.8. The number of imidazole rings is 2. The molecule has 88 heavy (non-hydrogen) atoms. The second-order valence-corrected chi connectivity index (χ2v) is 22.0. The number of aromatic nitrogens is 9. The molecule has 28 heteroatoms. The number of fused-ring (bicyclic) bond motifs is 2. The molecule has 9 aromatic rings. The molecule has 0 aliphatic carbocycles. The number of aromatic amines is 2. The van der Waals surface area contributed by atoms with Gasteiger partial charge in [0.1, 0.15) is 35.8 Å². The molecular weight excluding hydrogens is 1170 g/mol. The minimum absolute atomic E-state index is 0.0147. The first kappa shape index (κ1) is 62.2. The van der Waals surface area contributed by atoms with Gasteiger partial charge in [-0.3, -0.25) is 33.8 Å². The van der Waals surface area contributed by atoms with Crippen molar-refractivity contribution in [2.75, 3.05) is 44.7 Å². The number of benzene rings is 4. The maximum atomic E-state index is 13.3. The summed E-state index contributed by atoms with van der Waals surface area (Å²) in [5.41, 5.74) is 1.29. The maximum absolute atomic E-state index is 13.3. The second-order valence-electron chi connectivity index (χ2n) is 20.2. The van der Waals surface area contributed by atoms with E-state index >= 15 is 0 Å². The number of ether oxygens (including phenoxy) is 5. The molecule has 4 aromatic carbocycles. The molecule has 2 aliphatic rings. The van der Waals surface area contributed by atoms with Crippen molar-refractivity contribution in [2.45, 2.75) is 75.6 Å². The SMILES string of the molecule is COc1ccc(C(OC[C@H]2O[C@@H](n3cnc4c(NC(=O)c5ccccc5)ncnc43)C[C@H]2OP(OCCC#N)OC[C@@H]2C[C@H](O[P+](=O)[O-])[C@H](n3cnc4c(=O)[nH]c(NC(=O)C(C)C)nc43)O2)(c2ccccc2)c2ccc(OC)cc2)cc1.c1cc[nH+]cc1. The van der Waals surface area contributed by atoms with E-state index in [-0.39, 0.29) is 62.0 Å². The van der Waals surface area contributed by atoms with Crippen LogP contribution in [0.1, 0.15) is 72.6 Å². The molecule has 0 bridgehead atoms. The molecule has 2 aliphatic heterocycles. The summed E-state index contributed by atoms with van der Waals surface area (Å²) in [5.74, 6) is 0.0485. The third-order valence-corrected chi connectivity index (χ3v) is 15.8. The van der Waals surface area contributed by atoms with Crippen molar-refractivity contribution in [3.05, 3.63) is 191 Å². The van der Waals surface area contributed by atoms with Crippen LogP contribution in [0, 0.1) is 17.2 Å². The number of H-pyrrole nitrogens is 2. The Morgan fingerprint density at radius 2 is 1.44 bits per heavy atom. The Bertz CT molecular complexity index is 3830. The highest BCUT2D eigenvalue weighted by molar-refractivity contribution is 7.41. The number of amides is 2. The molecule has 0 saturated carbocycles. The van der Waals surface area contributed by atoms with Crippen LogP contribution >= 0.6 is 16.9 Å². The Morgan fingerprint density at radius 1 is 0.795 bits per heavy atom. The van der Waals surface area contributed by atoms with Crippen molar-refractivity contribution < 1.29 is 65.8 Å². The van der Waals surface area contributed by atoms with E-state index in [1.165, 1.54) is 23.5 Å². The van der Waals surface area contributed by atoms with Gasteiger partial charge in [0.2, 0.25) is 11.9 Å². The summed E-state index contributed by atoms with van der Waals surface area (Å²) in [6.45, 7) is 2.88. The summed E-state index contributed by atoms with van der Waals surface area (Å²) in [5, 5.41) is 15.0. The molecule has 2 fully saturated rings. The molecule has 2 saturated heterocycles. The lowest BCUT2D eigenvalue weighted by molar-refractivity contribution is -0.378. The van der Waals surface area contributed by atoms with Crippen molar-refractivity contribution in [1.82, 2.24) is 39.0 Å². The number of carbonyl (C=O) groups excluding carboxylic acids is 2.